The Kier molecular flexibility index (Phi) is 7.26. The van der Waals surface area contributed by atoms with Crippen molar-refractivity contribution in [2.24, 2.45) is 0 Å². The number of esters is 1. The Balaban J connectivity index is 1.67. The highest BCUT2D eigenvalue weighted by Gasteiger charge is 2.20. The topological polar surface area (TPSA) is 84.9 Å². The van der Waals surface area contributed by atoms with E-state index in [1.165, 1.54) is 25.3 Å². The van der Waals surface area contributed by atoms with Gasteiger partial charge in [0.15, 0.2) is 0 Å². The summed E-state index contributed by atoms with van der Waals surface area (Å²) in [6.45, 7) is 4.16. The van der Waals surface area contributed by atoms with Crippen LogP contribution >= 0.6 is 11.6 Å². The smallest absolute Gasteiger partial charge is 0.337 e. The molecule has 0 atom stereocenters. The second-order valence-electron chi connectivity index (χ2n) is 6.67. The van der Waals surface area contributed by atoms with Crippen LogP contribution in [0.4, 0.5) is 0 Å². The molecule has 9 heteroatoms. The largest absolute Gasteiger partial charge is 0.465 e. The van der Waals surface area contributed by atoms with Crippen LogP contribution in [-0.2, 0) is 32.6 Å². The molecule has 1 heterocycles. The van der Waals surface area contributed by atoms with Crippen molar-refractivity contribution in [3.63, 3.8) is 0 Å². The summed E-state index contributed by atoms with van der Waals surface area (Å²) in [6.07, 6.45) is 0. The molecular formula is C20H23ClN2O5S. The van der Waals surface area contributed by atoms with Crippen LogP contribution in [0.5, 0.6) is 0 Å². The van der Waals surface area contributed by atoms with Crippen LogP contribution in [0.15, 0.2) is 47.4 Å². The Morgan fingerprint density at radius 3 is 2.59 bits per heavy atom. The zero-order chi connectivity index (χ0) is 20.9. The molecule has 1 saturated heterocycles. The second kappa shape index (κ2) is 9.69. The van der Waals surface area contributed by atoms with E-state index in [1.54, 1.807) is 0 Å². The molecule has 0 bridgehead atoms. The fourth-order valence-corrected chi connectivity index (χ4v) is 4.64. The van der Waals surface area contributed by atoms with E-state index in [4.69, 9.17) is 16.3 Å². The third-order valence-corrected chi connectivity index (χ3v) is 6.49. The van der Waals surface area contributed by atoms with Gasteiger partial charge in [-0.15, -0.1) is 0 Å². The van der Waals surface area contributed by atoms with Crippen LogP contribution in [0.25, 0.3) is 0 Å². The molecule has 0 saturated carbocycles. The standard InChI is InChI=1S/C20H23ClN2O5S/c1-27-20(24)17-5-6-19(18(21)12-17)29(25,26)22-13-15-3-2-4-16(11-15)14-23-7-9-28-10-8-23/h2-6,11-12,22H,7-10,13-14H2,1H3. The number of nitrogens with one attached hydrogen (secondary N) is 1. The van der Waals surface area contributed by atoms with Crippen LogP contribution in [0.1, 0.15) is 21.5 Å². The molecule has 2 aromatic rings. The van der Waals surface area contributed by atoms with Gasteiger partial charge in [-0.05, 0) is 29.3 Å². The van der Waals surface area contributed by atoms with E-state index in [-0.39, 0.29) is 22.0 Å². The summed E-state index contributed by atoms with van der Waals surface area (Å²) < 4.78 is 37.8. The lowest BCUT2D eigenvalue weighted by Gasteiger charge is -2.26. The Morgan fingerprint density at radius 1 is 1.17 bits per heavy atom. The number of morpholine rings is 1. The zero-order valence-electron chi connectivity index (χ0n) is 16.1. The van der Waals surface area contributed by atoms with Gasteiger partial charge in [0.25, 0.3) is 0 Å². The van der Waals surface area contributed by atoms with Gasteiger partial charge in [-0.1, -0.05) is 35.9 Å². The number of carbonyl (C=O) groups excluding carboxylic acids is 1. The van der Waals surface area contributed by atoms with Crippen molar-refractivity contribution < 1.29 is 22.7 Å². The average molecular weight is 439 g/mol. The van der Waals surface area contributed by atoms with E-state index < -0.39 is 16.0 Å². The summed E-state index contributed by atoms with van der Waals surface area (Å²) >= 11 is 6.09. The van der Waals surface area contributed by atoms with E-state index in [9.17, 15) is 13.2 Å². The van der Waals surface area contributed by atoms with Gasteiger partial charge in [0, 0.05) is 26.2 Å². The van der Waals surface area contributed by atoms with Gasteiger partial charge in [-0.2, -0.15) is 0 Å². The van der Waals surface area contributed by atoms with Gasteiger partial charge in [-0.25, -0.2) is 17.9 Å². The van der Waals surface area contributed by atoms with Gasteiger partial charge < -0.3 is 9.47 Å². The first-order valence-electron chi connectivity index (χ1n) is 9.14. The van der Waals surface area contributed by atoms with Gasteiger partial charge in [-0.3, -0.25) is 4.90 Å². The Bertz CT molecular complexity index is 975. The highest BCUT2D eigenvalue weighted by Crippen LogP contribution is 2.23. The summed E-state index contributed by atoms with van der Waals surface area (Å²) in [5, 5.41) is -0.0403. The minimum absolute atomic E-state index is 0.0403. The van der Waals surface area contributed by atoms with Crippen LogP contribution in [-0.4, -0.2) is 52.7 Å². The van der Waals surface area contributed by atoms with Crippen molar-refractivity contribution in [3.8, 4) is 0 Å². The molecule has 1 aliphatic heterocycles. The fraction of sp³-hybridized carbons (Fsp3) is 0.350. The Morgan fingerprint density at radius 2 is 1.90 bits per heavy atom. The van der Waals surface area contributed by atoms with Crippen molar-refractivity contribution in [2.45, 2.75) is 18.0 Å². The number of nitrogens with zero attached hydrogens (tertiary/aromatic N) is 1. The van der Waals surface area contributed by atoms with Gasteiger partial charge in [0.1, 0.15) is 4.90 Å². The maximum Gasteiger partial charge on any atom is 0.337 e. The van der Waals surface area contributed by atoms with Crippen LogP contribution in [0, 0.1) is 0 Å². The molecule has 7 nitrogen and oxygen atoms in total. The minimum Gasteiger partial charge on any atom is -0.465 e. The molecule has 0 amide bonds. The third-order valence-electron chi connectivity index (χ3n) is 4.61. The summed E-state index contributed by atoms with van der Waals surface area (Å²) in [7, 11) is -2.59. The number of halogens is 1. The first-order chi connectivity index (χ1) is 13.9. The predicted molar refractivity (Wildman–Crippen MR) is 109 cm³/mol. The van der Waals surface area contributed by atoms with E-state index in [0.717, 1.165) is 44.0 Å². The van der Waals surface area contributed by atoms with Crippen LogP contribution < -0.4 is 4.72 Å². The van der Waals surface area contributed by atoms with Gasteiger partial charge in [0.2, 0.25) is 10.0 Å². The van der Waals surface area contributed by atoms with Crippen molar-refractivity contribution in [3.05, 3.63) is 64.2 Å². The Labute approximate surface area is 175 Å². The maximum absolute atomic E-state index is 12.6. The second-order valence-corrected chi connectivity index (χ2v) is 8.81. The third kappa shape index (κ3) is 5.77. The van der Waals surface area contributed by atoms with E-state index in [2.05, 4.69) is 14.4 Å². The number of carbonyl (C=O) groups is 1. The first kappa shape index (κ1) is 21.7. The maximum atomic E-state index is 12.6. The number of hydrogen-bond acceptors (Lipinski definition) is 6. The molecule has 1 N–H and O–H groups in total. The highest BCUT2D eigenvalue weighted by molar-refractivity contribution is 7.89. The summed E-state index contributed by atoms with van der Waals surface area (Å²) in [4.78, 5) is 13.8. The number of rotatable bonds is 7. The van der Waals surface area contributed by atoms with E-state index >= 15 is 0 Å². The number of ether oxygens (including phenoxy) is 2. The molecule has 1 aliphatic rings. The Hall–Kier alpha value is -1.97. The van der Waals surface area contributed by atoms with Crippen molar-refractivity contribution in [1.82, 2.24) is 9.62 Å². The van der Waals surface area contributed by atoms with Crippen LogP contribution in [0.2, 0.25) is 5.02 Å². The van der Waals surface area contributed by atoms with Crippen molar-refractivity contribution in [1.29, 1.82) is 0 Å². The number of methoxy groups -OCH3 is 1. The van der Waals surface area contributed by atoms with E-state index in [0.29, 0.717) is 0 Å². The lowest BCUT2D eigenvalue weighted by molar-refractivity contribution is 0.0342. The number of sulfonamides is 1. The normalized spacial score (nSPS) is 15.2. The molecule has 0 aliphatic carbocycles. The summed E-state index contributed by atoms with van der Waals surface area (Å²) in [5.41, 5.74) is 2.15. The molecular weight excluding hydrogens is 416 g/mol. The number of benzene rings is 2. The molecule has 0 aromatic heterocycles. The van der Waals surface area contributed by atoms with E-state index in [1.807, 2.05) is 24.3 Å². The van der Waals surface area contributed by atoms with Crippen molar-refractivity contribution in [2.75, 3.05) is 33.4 Å². The number of hydrogen-bond donors (Lipinski definition) is 1. The van der Waals surface area contributed by atoms with Crippen molar-refractivity contribution >= 4 is 27.6 Å². The quantitative estimate of drug-likeness (QED) is 0.668. The molecule has 3 rings (SSSR count). The molecule has 0 radical (unpaired) electrons. The molecule has 2 aromatic carbocycles. The predicted octanol–water partition coefficient (Wildman–Crippen LogP) is 2.44. The lowest BCUT2D eigenvalue weighted by atomic mass is 10.1. The molecule has 29 heavy (non-hydrogen) atoms. The average Bonchev–Trinajstić information content (AvgIpc) is 2.72. The molecule has 156 valence electrons. The monoisotopic (exact) mass is 438 g/mol. The van der Waals surface area contributed by atoms with Crippen LogP contribution in [0.3, 0.4) is 0 Å². The summed E-state index contributed by atoms with van der Waals surface area (Å²) in [5.74, 6) is -0.583. The molecule has 0 spiro atoms. The minimum atomic E-state index is -3.84. The van der Waals surface area contributed by atoms with Gasteiger partial charge >= 0.3 is 5.97 Å². The lowest BCUT2D eigenvalue weighted by Crippen LogP contribution is -2.35. The zero-order valence-corrected chi connectivity index (χ0v) is 17.6. The SMILES string of the molecule is COC(=O)c1ccc(S(=O)(=O)NCc2cccc(CN3CCOCC3)c2)c(Cl)c1. The highest BCUT2D eigenvalue weighted by atomic mass is 35.5. The molecule has 1 fully saturated rings. The first-order valence-corrected chi connectivity index (χ1v) is 11.0. The summed E-state index contributed by atoms with van der Waals surface area (Å²) in [6, 6.07) is 11.7. The molecule has 0 unspecified atom stereocenters. The fourth-order valence-electron chi connectivity index (χ4n) is 3.08. The van der Waals surface area contributed by atoms with Gasteiger partial charge in [0.05, 0.1) is 30.9 Å².